The van der Waals surface area contributed by atoms with Gasteiger partial charge in [0.15, 0.2) is 0 Å². The first kappa shape index (κ1) is 14.5. The van der Waals surface area contributed by atoms with Gasteiger partial charge in [0.1, 0.15) is 12.4 Å². The van der Waals surface area contributed by atoms with E-state index in [0.29, 0.717) is 11.5 Å². The van der Waals surface area contributed by atoms with Crippen LogP contribution in [0.25, 0.3) is 10.9 Å². The van der Waals surface area contributed by atoms with Gasteiger partial charge in [0, 0.05) is 28.9 Å². The highest BCUT2D eigenvalue weighted by molar-refractivity contribution is 7.91. The van der Waals surface area contributed by atoms with Crippen LogP contribution in [0.3, 0.4) is 0 Å². The van der Waals surface area contributed by atoms with Gasteiger partial charge in [-0.25, -0.2) is 8.99 Å². The zero-order chi connectivity index (χ0) is 15.6. The molecule has 0 spiro atoms. The van der Waals surface area contributed by atoms with Gasteiger partial charge in [0.05, 0.1) is 21.4 Å². The second-order valence-corrected chi connectivity index (χ2v) is 7.14. The highest BCUT2D eigenvalue weighted by Gasteiger charge is 2.06. The molecule has 5 nitrogen and oxygen atoms in total. The van der Waals surface area contributed by atoms with Crippen LogP contribution in [0.15, 0.2) is 59.9 Å². The first-order valence-corrected chi connectivity index (χ1v) is 8.65. The van der Waals surface area contributed by atoms with Crippen molar-refractivity contribution in [2.24, 2.45) is 0 Å². The third-order valence-corrected chi connectivity index (χ3v) is 4.40. The minimum absolute atomic E-state index is 0.338. The van der Waals surface area contributed by atoms with Gasteiger partial charge >= 0.3 is 0 Å². The molecule has 0 aliphatic heterocycles. The number of pyridine rings is 2. The molecule has 0 aliphatic rings. The van der Waals surface area contributed by atoms with Crippen LogP contribution < -0.4 is 4.74 Å². The van der Waals surface area contributed by atoms with Crippen LogP contribution in [0.1, 0.15) is 5.56 Å². The summed E-state index contributed by atoms with van der Waals surface area (Å²) in [6.45, 7) is 0.338. The van der Waals surface area contributed by atoms with E-state index in [2.05, 4.69) is 9.97 Å². The Bertz CT molecular complexity index is 918. The number of hydrogen-bond acceptors (Lipinski definition) is 5. The molecular weight excluding hydrogens is 298 g/mol. The van der Waals surface area contributed by atoms with E-state index in [0.717, 1.165) is 22.2 Å². The molecular formula is C16H15N3O2S. The van der Waals surface area contributed by atoms with Gasteiger partial charge in [-0.2, -0.15) is 0 Å². The maximum absolute atomic E-state index is 11.8. The van der Waals surface area contributed by atoms with Crippen molar-refractivity contribution in [3.63, 3.8) is 0 Å². The fraction of sp³-hybridized carbons (Fsp3) is 0.125. The Morgan fingerprint density at radius 3 is 2.91 bits per heavy atom. The lowest BCUT2D eigenvalue weighted by Gasteiger charge is -2.10. The Morgan fingerprint density at radius 1 is 1.23 bits per heavy atom. The number of hydrogen-bond donors (Lipinski definition) is 1. The minimum Gasteiger partial charge on any atom is -0.488 e. The molecule has 0 saturated carbocycles. The lowest BCUT2D eigenvalue weighted by molar-refractivity contribution is 0.309. The normalized spacial score (nSPS) is 13.7. The van der Waals surface area contributed by atoms with Crippen LogP contribution in [0.5, 0.6) is 5.75 Å². The fourth-order valence-electron chi connectivity index (χ4n) is 2.14. The van der Waals surface area contributed by atoms with Crippen molar-refractivity contribution < 1.29 is 8.95 Å². The Morgan fingerprint density at radius 2 is 2.09 bits per heavy atom. The molecule has 0 aliphatic carbocycles. The van der Waals surface area contributed by atoms with E-state index in [1.54, 1.807) is 42.9 Å². The smallest absolute Gasteiger partial charge is 0.130 e. The van der Waals surface area contributed by atoms with Crippen LogP contribution >= 0.6 is 0 Å². The number of rotatable bonds is 4. The maximum atomic E-state index is 11.8. The molecule has 2 heterocycles. The molecule has 22 heavy (non-hydrogen) atoms. The van der Waals surface area contributed by atoms with E-state index in [9.17, 15) is 4.21 Å². The van der Waals surface area contributed by atoms with E-state index in [-0.39, 0.29) is 0 Å². The number of nitrogens with one attached hydrogen (secondary N) is 1. The van der Waals surface area contributed by atoms with Crippen molar-refractivity contribution >= 4 is 20.6 Å². The predicted octanol–water partition coefficient (Wildman–Crippen LogP) is 3.24. The topological polar surface area (TPSA) is 75.9 Å². The van der Waals surface area contributed by atoms with Gasteiger partial charge in [-0.3, -0.25) is 9.97 Å². The molecule has 6 heteroatoms. The molecule has 0 fully saturated rings. The lowest BCUT2D eigenvalue weighted by Crippen LogP contribution is -2.00. The van der Waals surface area contributed by atoms with Crippen LogP contribution in [0.2, 0.25) is 0 Å². The van der Waals surface area contributed by atoms with Crippen molar-refractivity contribution in [2.45, 2.75) is 11.5 Å². The monoisotopic (exact) mass is 313 g/mol. The summed E-state index contributed by atoms with van der Waals surface area (Å²) in [6, 6.07) is 10.8. The van der Waals surface area contributed by atoms with E-state index >= 15 is 0 Å². The summed E-state index contributed by atoms with van der Waals surface area (Å²) >= 11 is 0. The standard InChI is InChI=1S/C16H15N3O2S/c1-22(17,20)13-4-2-3-12(9-13)11-21-16-6-8-19-15-10-18-7-5-14(15)16/h2-10,17H,11H2,1H3. The van der Waals surface area contributed by atoms with Crippen LogP contribution in [0.4, 0.5) is 0 Å². The van der Waals surface area contributed by atoms with Gasteiger partial charge in [-0.05, 0) is 29.8 Å². The van der Waals surface area contributed by atoms with Gasteiger partial charge < -0.3 is 4.74 Å². The average molecular weight is 313 g/mol. The molecule has 0 saturated heterocycles. The van der Waals surface area contributed by atoms with Crippen LogP contribution in [-0.2, 0) is 16.3 Å². The molecule has 0 radical (unpaired) electrons. The zero-order valence-corrected chi connectivity index (χ0v) is 12.8. The molecule has 1 unspecified atom stereocenters. The number of ether oxygens (including phenoxy) is 1. The summed E-state index contributed by atoms with van der Waals surface area (Å²) in [5, 5.41) is 0.897. The summed E-state index contributed by atoms with van der Waals surface area (Å²) < 4.78 is 25.3. The van der Waals surface area contributed by atoms with E-state index in [1.807, 2.05) is 12.1 Å². The summed E-state index contributed by atoms with van der Waals surface area (Å²) in [6.07, 6.45) is 6.48. The summed E-state index contributed by atoms with van der Waals surface area (Å²) in [7, 11) is -2.72. The third-order valence-electron chi connectivity index (χ3n) is 3.25. The molecule has 3 aromatic rings. The Hall–Kier alpha value is -2.47. The second-order valence-electron chi connectivity index (χ2n) is 4.98. The highest BCUT2D eigenvalue weighted by Crippen LogP contribution is 2.24. The van der Waals surface area contributed by atoms with E-state index in [4.69, 9.17) is 9.52 Å². The van der Waals surface area contributed by atoms with Crippen LogP contribution in [-0.4, -0.2) is 20.4 Å². The summed E-state index contributed by atoms with van der Waals surface area (Å²) in [5.74, 6) is 0.723. The molecule has 1 aromatic carbocycles. The first-order valence-electron chi connectivity index (χ1n) is 6.68. The van der Waals surface area contributed by atoms with Crippen molar-refractivity contribution in [3.05, 3.63) is 60.6 Å². The largest absolute Gasteiger partial charge is 0.488 e. The molecule has 112 valence electrons. The zero-order valence-electron chi connectivity index (χ0n) is 12.0. The highest BCUT2D eigenvalue weighted by atomic mass is 32.2. The maximum Gasteiger partial charge on any atom is 0.130 e. The van der Waals surface area contributed by atoms with Crippen molar-refractivity contribution in [1.29, 1.82) is 4.78 Å². The number of aromatic nitrogens is 2. The van der Waals surface area contributed by atoms with E-state index < -0.39 is 9.73 Å². The molecule has 1 atom stereocenters. The fourth-order valence-corrected chi connectivity index (χ4v) is 2.85. The average Bonchev–Trinajstić information content (AvgIpc) is 2.52. The number of benzene rings is 1. The summed E-state index contributed by atoms with van der Waals surface area (Å²) in [4.78, 5) is 8.79. The van der Waals surface area contributed by atoms with Crippen molar-refractivity contribution in [2.75, 3.05) is 6.26 Å². The SMILES string of the molecule is CS(=N)(=O)c1cccc(COc2ccnc3cnccc23)c1. The number of fused-ring (bicyclic) bond motifs is 1. The van der Waals surface area contributed by atoms with Crippen molar-refractivity contribution in [3.8, 4) is 5.75 Å². The van der Waals surface area contributed by atoms with Crippen molar-refractivity contribution in [1.82, 2.24) is 9.97 Å². The van der Waals surface area contributed by atoms with E-state index in [1.165, 1.54) is 6.26 Å². The molecule has 0 bridgehead atoms. The van der Waals surface area contributed by atoms with Crippen LogP contribution in [0, 0.1) is 4.78 Å². The minimum atomic E-state index is -2.72. The Labute approximate surface area is 129 Å². The molecule has 2 aromatic heterocycles. The Kier molecular flexibility index (Phi) is 3.77. The Balaban J connectivity index is 1.86. The first-order chi connectivity index (χ1) is 10.5. The lowest BCUT2D eigenvalue weighted by atomic mass is 10.2. The third kappa shape index (κ3) is 3.07. The quantitative estimate of drug-likeness (QED) is 0.802. The second kappa shape index (κ2) is 5.73. The molecule has 0 amide bonds. The molecule has 3 rings (SSSR count). The van der Waals surface area contributed by atoms with Gasteiger partial charge in [0.2, 0.25) is 0 Å². The predicted molar refractivity (Wildman–Crippen MR) is 85.4 cm³/mol. The van der Waals surface area contributed by atoms with Gasteiger partial charge in [0.25, 0.3) is 0 Å². The molecule has 1 N–H and O–H groups in total. The summed E-state index contributed by atoms with van der Waals surface area (Å²) in [5.41, 5.74) is 1.65. The van der Waals surface area contributed by atoms with Gasteiger partial charge in [-0.15, -0.1) is 0 Å². The van der Waals surface area contributed by atoms with Gasteiger partial charge in [-0.1, -0.05) is 12.1 Å². The number of nitrogens with zero attached hydrogens (tertiary/aromatic N) is 2.